The van der Waals surface area contributed by atoms with Crippen LogP contribution < -0.4 is 5.32 Å². The number of hydrogen-bond acceptors (Lipinski definition) is 2. The summed E-state index contributed by atoms with van der Waals surface area (Å²) < 4.78 is 0. The van der Waals surface area contributed by atoms with E-state index in [2.05, 4.69) is 36.5 Å². The molecule has 0 unspecified atom stereocenters. The lowest BCUT2D eigenvalue weighted by Crippen LogP contribution is -2.20. The number of Topliss-reactive ketones (excluding diaryl/α,β-unsaturated/α-hetero) is 1. The van der Waals surface area contributed by atoms with Crippen LogP contribution in [0.1, 0.15) is 25.0 Å². The molecule has 76 valence electrons. The smallest absolute Gasteiger partial charge is 0.143 e. The summed E-state index contributed by atoms with van der Waals surface area (Å²) in [5, 5.41) is 3.09. The van der Waals surface area contributed by atoms with Crippen molar-refractivity contribution in [3.05, 3.63) is 35.4 Å². The third-order valence-corrected chi connectivity index (χ3v) is 2.13. The maximum Gasteiger partial charge on any atom is 0.143 e. The van der Waals surface area contributed by atoms with Crippen molar-refractivity contribution in [3.63, 3.8) is 0 Å². The fourth-order valence-corrected chi connectivity index (χ4v) is 1.28. The molecule has 0 saturated heterocycles. The van der Waals surface area contributed by atoms with Crippen molar-refractivity contribution < 1.29 is 4.79 Å². The highest BCUT2D eigenvalue weighted by Crippen LogP contribution is 2.04. The molecule has 0 atom stereocenters. The SMILES string of the molecule is CCc1ccc(CNCC(C)=O)cc1. The quantitative estimate of drug-likeness (QED) is 0.770. The van der Waals surface area contributed by atoms with Gasteiger partial charge in [-0.15, -0.1) is 0 Å². The second-order valence-corrected chi connectivity index (χ2v) is 3.48. The fraction of sp³-hybridized carbons (Fsp3) is 0.417. The molecule has 2 heteroatoms. The van der Waals surface area contributed by atoms with E-state index in [1.165, 1.54) is 11.1 Å². The molecule has 0 fully saturated rings. The number of hydrogen-bond donors (Lipinski definition) is 1. The number of carbonyl (C=O) groups excluding carboxylic acids is 1. The van der Waals surface area contributed by atoms with Crippen LogP contribution in [0, 0.1) is 0 Å². The molecule has 1 aromatic rings. The van der Waals surface area contributed by atoms with Gasteiger partial charge in [0.1, 0.15) is 5.78 Å². The lowest BCUT2D eigenvalue weighted by atomic mass is 10.1. The molecule has 1 N–H and O–H groups in total. The van der Waals surface area contributed by atoms with E-state index in [1.807, 2.05) is 0 Å². The van der Waals surface area contributed by atoms with Crippen molar-refractivity contribution in [2.45, 2.75) is 26.8 Å². The minimum absolute atomic E-state index is 0.176. The number of carbonyl (C=O) groups is 1. The Balaban J connectivity index is 2.40. The number of rotatable bonds is 5. The van der Waals surface area contributed by atoms with Gasteiger partial charge in [-0.2, -0.15) is 0 Å². The maximum atomic E-state index is 10.7. The van der Waals surface area contributed by atoms with E-state index in [0.717, 1.165) is 13.0 Å². The van der Waals surface area contributed by atoms with E-state index < -0.39 is 0 Å². The van der Waals surface area contributed by atoms with Crippen molar-refractivity contribution in [1.29, 1.82) is 0 Å². The average Bonchev–Trinajstić information content (AvgIpc) is 2.18. The Hall–Kier alpha value is -1.15. The minimum atomic E-state index is 0.176. The fourth-order valence-electron chi connectivity index (χ4n) is 1.28. The molecule has 0 aliphatic carbocycles. The molecule has 14 heavy (non-hydrogen) atoms. The Kier molecular flexibility index (Phi) is 4.33. The molecule has 0 aromatic heterocycles. The summed E-state index contributed by atoms with van der Waals surface area (Å²) in [6, 6.07) is 8.47. The highest BCUT2D eigenvalue weighted by Gasteiger charge is 1.94. The highest BCUT2D eigenvalue weighted by atomic mass is 16.1. The zero-order valence-corrected chi connectivity index (χ0v) is 8.84. The van der Waals surface area contributed by atoms with Crippen LogP contribution in [0.25, 0.3) is 0 Å². The molecular formula is C12H17NO. The standard InChI is InChI=1S/C12H17NO/c1-3-11-4-6-12(7-5-11)9-13-8-10(2)14/h4-7,13H,3,8-9H2,1-2H3. The lowest BCUT2D eigenvalue weighted by Gasteiger charge is -2.03. The van der Waals surface area contributed by atoms with Gasteiger partial charge in [0.05, 0.1) is 6.54 Å². The first-order valence-corrected chi connectivity index (χ1v) is 5.00. The summed E-state index contributed by atoms with van der Waals surface area (Å²) in [7, 11) is 0. The summed E-state index contributed by atoms with van der Waals surface area (Å²) in [6.45, 7) is 4.95. The van der Waals surface area contributed by atoms with Gasteiger partial charge in [0.15, 0.2) is 0 Å². The van der Waals surface area contributed by atoms with Gasteiger partial charge in [0.25, 0.3) is 0 Å². The van der Waals surface area contributed by atoms with E-state index in [9.17, 15) is 4.79 Å². The first-order valence-electron chi connectivity index (χ1n) is 5.00. The molecule has 0 aliphatic heterocycles. The minimum Gasteiger partial charge on any atom is -0.306 e. The van der Waals surface area contributed by atoms with Crippen molar-refractivity contribution >= 4 is 5.78 Å². The van der Waals surface area contributed by atoms with Crippen molar-refractivity contribution in [3.8, 4) is 0 Å². The monoisotopic (exact) mass is 191 g/mol. The van der Waals surface area contributed by atoms with Gasteiger partial charge in [-0.25, -0.2) is 0 Å². The molecule has 0 amide bonds. The largest absolute Gasteiger partial charge is 0.306 e. The van der Waals surface area contributed by atoms with Gasteiger partial charge in [0.2, 0.25) is 0 Å². The average molecular weight is 191 g/mol. The van der Waals surface area contributed by atoms with Crippen LogP contribution in [-0.4, -0.2) is 12.3 Å². The second-order valence-electron chi connectivity index (χ2n) is 3.48. The normalized spacial score (nSPS) is 10.1. The van der Waals surface area contributed by atoms with E-state index in [4.69, 9.17) is 0 Å². The Labute approximate surface area is 85.3 Å². The molecule has 2 nitrogen and oxygen atoms in total. The molecule has 0 spiro atoms. The van der Waals surface area contributed by atoms with Crippen LogP contribution in [0.2, 0.25) is 0 Å². The van der Waals surface area contributed by atoms with Crippen LogP contribution in [0.5, 0.6) is 0 Å². The Bertz CT molecular complexity index is 290. The van der Waals surface area contributed by atoms with Crippen molar-refractivity contribution in [2.24, 2.45) is 0 Å². The van der Waals surface area contributed by atoms with Gasteiger partial charge in [-0.05, 0) is 24.5 Å². The van der Waals surface area contributed by atoms with Crippen LogP contribution in [0.4, 0.5) is 0 Å². The van der Waals surface area contributed by atoms with E-state index in [0.29, 0.717) is 6.54 Å². The number of nitrogens with one attached hydrogen (secondary N) is 1. The van der Waals surface area contributed by atoms with Gasteiger partial charge < -0.3 is 5.32 Å². The topological polar surface area (TPSA) is 29.1 Å². The number of aryl methyl sites for hydroxylation is 1. The molecule has 0 aliphatic rings. The third kappa shape index (κ3) is 3.71. The summed E-state index contributed by atoms with van der Waals surface area (Å²) in [6.07, 6.45) is 1.07. The van der Waals surface area contributed by atoms with Crippen LogP contribution >= 0.6 is 0 Å². The third-order valence-electron chi connectivity index (χ3n) is 2.13. The Morgan fingerprint density at radius 1 is 1.21 bits per heavy atom. The molecule has 0 radical (unpaired) electrons. The molecule has 1 rings (SSSR count). The first kappa shape index (κ1) is 10.9. The Morgan fingerprint density at radius 2 is 1.79 bits per heavy atom. The molecule has 0 bridgehead atoms. The molecule has 0 saturated carbocycles. The summed E-state index contributed by atoms with van der Waals surface area (Å²) in [5.41, 5.74) is 2.57. The van der Waals surface area contributed by atoms with Gasteiger partial charge in [0, 0.05) is 6.54 Å². The van der Waals surface area contributed by atoms with E-state index in [1.54, 1.807) is 6.92 Å². The second kappa shape index (κ2) is 5.55. The zero-order valence-electron chi connectivity index (χ0n) is 8.84. The molecule has 1 aromatic carbocycles. The van der Waals surface area contributed by atoms with Crippen molar-refractivity contribution in [2.75, 3.05) is 6.54 Å². The van der Waals surface area contributed by atoms with Gasteiger partial charge in [-0.3, -0.25) is 4.79 Å². The Morgan fingerprint density at radius 3 is 2.29 bits per heavy atom. The molecule has 0 heterocycles. The first-order chi connectivity index (χ1) is 6.72. The van der Waals surface area contributed by atoms with Crippen LogP contribution in [0.15, 0.2) is 24.3 Å². The highest BCUT2D eigenvalue weighted by molar-refractivity contribution is 5.77. The van der Waals surface area contributed by atoms with E-state index >= 15 is 0 Å². The van der Waals surface area contributed by atoms with Gasteiger partial charge in [-0.1, -0.05) is 31.2 Å². The van der Waals surface area contributed by atoms with Crippen LogP contribution in [0.3, 0.4) is 0 Å². The van der Waals surface area contributed by atoms with Crippen LogP contribution in [-0.2, 0) is 17.8 Å². The predicted molar refractivity (Wildman–Crippen MR) is 58.2 cm³/mol. The molecular weight excluding hydrogens is 174 g/mol. The van der Waals surface area contributed by atoms with Crippen molar-refractivity contribution in [1.82, 2.24) is 5.32 Å². The zero-order chi connectivity index (χ0) is 10.4. The summed E-state index contributed by atoms with van der Waals surface area (Å²) in [4.78, 5) is 10.7. The summed E-state index contributed by atoms with van der Waals surface area (Å²) >= 11 is 0. The predicted octanol–water partition coefficient (Wildman–Crippen LogP) is 1.93. The summed E-state index contributed by atoms with van der Waals surface area (Å²) in [5.74, 6) is 0.176. The lowest BCUT2D eigenvalue weighted by molar-refractivity contribution is -0.116. The van der Waals surface area contributed by atoms with E-state index in [-0.39, 0.29) is 5.78 Å². The number of ketones is 1. The maximum absolute atomic E-state index is 10.7. The van der Waals surface area contributed by atoms with Gasteiger partial charge >= 0.3 is 0 Å². The number of benzene rings is 1.